The van der Waals surface area contributed by atoms with Gasteiger partial charge in [0.1, 0.15) is 18.3 Å². The molecule has 0 spiro atoms. The maximum Gasteiger partial charge on any atom is 0.408 e. The van der Waals surface area contributed by atoms with Gasteiger partial charge < -0.3 is 19.5 Å². The number of ether oxygens (including phenoxy) is 3. The maximum absolute atomic E-state index is 11.5. The molecule has 108 valence electrons. The number of alkyl carbamates (subject to hydrolysis) is 1. The molecule has 0 bridgehead atoms. The van der Waals surface area contributed by atoms with Crippen molar-refractivity contribution in [2.75, 3.05) is 13.2 Å². The van der Waals surface area contributed by atoms with Gasteiger partial charge >= 0.3 is 12.1 Å². The molecule has 1 N–H and O–H groups in total. The highest BCUT2D eigenvalue weighted by atomic mass is 16.6. The van der Waals surface area contributed by atoms with Crippen molar-refractivity contribution in [3.05, 3.63) is 12.2 Å². The number of esters is 1. The van der Waals surface area contributed by atoms with E-state index >= 15 is 0 Å². The van der Waals surface area contributed by atoms with Crippen LogP contribution >= 0.6 is 0 Å². The van der Waals surface area contributed by atoms with E-state index in [1.165, 1.54) is 6.92 Å². The SMILES string of the molecule is CC(=O)OCC1C=C[C@H](NC(=O)OC(C)(C)C)CO1. The summed E-state index contributed by atoms with van der Waals surface area (Å²) in [6.07, 6.45) is 2.82. The van der Waals surface area contributed by atoms with E-state index in [1.807, 2.05) is 6.08 Å². The molecule has 0 radical (unpaired) electrons. The molecule has 0 aliphatic carbocycles. The predicted molar refractivity (Wildman–Crippen MR) is 68.7 cm³/mol. The first-order chi connectivity index (χ1) is 8.76. The summed E-state index contributed by atoms with van der Waals surface area (Å²) in [6, 6.07) is -0.233. The normalized spacial score (nSPS) is 22.7. The molecule has 1 unspecified atom stereocenters. The quantitative estimate of drug-likeness (QED) is 0.620. The largest absolute Gasteiger partial charge is 0.463 e. The van der Waals surface area contributed by atoms with Gasteiger partial charge in [-0.25, -0.2) is 4.79 Å². The monoisotopic (exact) mass is 271 g/mol. The summed E-state index contributed by atoms with van der Waals surface area (Å²) in [6.45, 7) is 7.25. The van der Waals surface area contributed by atoms with Gasteiger partial charge in [0.2, 0.25) is 0 Å². The number of nitrogens with one attached hydrogen (secondary N) is 1. The van der Waals surface area contributed by atoms with Gasteiger partial charge in [-0.1, -0.05) is 12.2 Å². The summed E-state index contributed by atoms with van der Waals surface area (Å²) in [4.78, 5) is 22.2. The van der Waals surface area contributed by atoms with E-state index in [1.54, 1.807) is 26.8 Å². The molecule has 0 aromatic heterocycles. The summed E-state index contributed by atoms with van der Waals surface area (Å²) >= 11 is 0. The number of carbonyl (C=O) groups excluding carboxylic acids is 2. The Balaban J connectivity index is 2.34. The van der Waals surface area contributed by atoms with Gasteiger partial charge in [-0.05, 0) is 20.8 Å². The van der Waals surface area contributed by atoms with Gasteiger partial charge in [-0.2, -0.15) is 0 Å². The Morgan fingerprint density at radius 2 is 2.05 bits per heavy atom. The zero-order valence-electron chi connectivity index (χ0n) is 11.8. The van der Waals surface area contributed by atoms with Crippen LogP contribution < -0.4 is 5.32 Å². The number of amides is 1. The summed E-state index contributed by atoms with van der Waals surface area (Å²) in [7, 11) is 0. The van der Waals surface area contributed by atoms with Crippen molar-refractivity contribution in [1.29, 1.82) is 0 Å². The fraction of sp³-hybridized carbons (Fsp3) is 0.692. The van der Waals surface area contributed by atoms with Gasteiger partial charge in [0.25, 0.3) is 0 Å². The standard InChI is InChI=1S/C13H21NO5/c1-9(15)17-8-11-6-5-10(7-18-11)14-12(16)19-13(2,3)4/h5-6,10-11H,7-8H2,1-4H3,(H,14,16)/t10-,11?/m0/s1. The zero-order chi connectivity index (χ0) is 14.5. The van der Waals surface area contributed by atoms with Crippen LogP contribution in [0.2, 0.25) is 0 Å². The Hall–Kier alpha value is -1.56. The number of hydrogen-bond acceptors (Lipinski definition) is 5. The van der Waals surface area contributed by atoms with Gasteiger partial charge in [0.05, 0.1) is 12.6 Å². The number of rotatable bonds is 3. The number of carbonyl (C=O) groups is 2. The summed E-state index contributed by atoms with van der Waals surface area (Å²) in [5, 5.41) is 2.68. The minimum absolute atomic E-state index is 0.186. The van der Waals surface area contributed by atoms with Crippen LogP contribution in [-0.4, -0.2) is 43.0 Å². The third-order valence-electron chi connectivity index (χ3n) is 2.20. The summed E-state index contributed by atoms with van der Waals surface area (Å²) in [5.74, 6) is -0.342. The number of hydrogen-bond donors (Lipinski definition) is 1. The maximum atomic E-state index is 11.5. The average molecular weight is 271 g/mol. The molecule has 0 aromatic rings. The molecule has 0 saturated carbocycles. The molecule has 1 amide bonds. The molecule has 0 saturated heterocycles. The molecule has 1 aliphatic heterocycles. The van der Waals surface area contributed by atoms with Crippen LogP contribution in [0.3, 0.4) is 0 Å². The Morgan fingerprint density at radius 1 is 1.37 bits per heavy atom. The lowest BCUT2D eigenvalue weighted by Gasteiger charge is -2.26. The second kappa shape index (κ2) is 6.56. The first-order valence-corrected chi connectivity index (χ1v) is 6.19. The fourth-order valence-corrected chi connectivity index (χ4v) is 1.45. The molecule has 1 aliphatic rings. The van der Waals surface area contributed by atoms with Gasteiger partial charge in [-0.3, -0.25) is 4.79 Å². The smallest absolute Gasteiger partial charge is 0.408 e. The Labute approximate surface area is 113 Å². The van der Waals surface area contributed by atoms with Crippen molar-refractivity contribution < 1.29 is 23.8 Å². The Bertz CT molecular complexity index is 359. The highest BCUT2D eigenvalue weighted by Gasteiger charge is 2.21. The summed E-state index contributed by atoms with van der Waals surface area (Å²) < 4.78 is 15.4. The molecule has 1 heterocycles. The van der Waals surface area contributed by atoms with Gasteiger partial charge in [0, 0.05) is 6.92 Å². The van der Waals surface area contributed by atoms with E-state index in [9.17, 15) is 9.59 Å². The van der Waals surface area contributed by atoms with Crippen molar-refractivity contribution in [1.82, 2.24) is 5.32 Å². The van der Waals surface area contributed by atoms with Crippen molar-refractivity contribution in [2.24, 2.45) is 0 Å². The van der Waals surface area contributed by atoms with Crippen molar-refractivity contribution in [3.8, 4) is 0 Å². The van der Waals surface area contributed by atoms with E-state index < -0.39 is 11.7 Å². The van der Waals surface area contributed by atoms with Gasteiger partial charge in [-0.15, -0.1) is 0 Å². The van der Waals surface area contributed by atoms with Crippen LogP contribution in [0.1, 0.15) is 27.7 Å². The molecular weight excluding hydrogens is 250 g/mol. The van der Waals surface area contributed by atoms with Crippen LogP contribution in [0, 0.1) is 0 Å². The fourth-order valence-electron chi connectivity index (χ4n) is 1.45. The molecule has 6 heteroatoms. The molecule has 19 heavy (non-hydrogen) atoms. The molecule has 0 aromatic carbocycles. The van der Waals surface area contributed by atoms with Gasteiger partial charge in [0.15, 0.2) is 0 Å². The highest BCUT2D eigenvalue weighted by molar-refractivity contribution is 5.68. The van der Waals surface area contributed by atoms with E-state index in [2.05, 4.69) is 5.32 Å². The Kier molecular flexibility index (Phi) is 5.35. The van der Waals surface area contributed by atoms with Crippen LogP contribution in [-0.2, 0) is 19.0 Å². The van der Waals surface area contributed by atoms with E-state index in [0.29, 0.717) is 6.61 Å². The lowest BCUT2D eigenvalue weighted by Crippen LogP contribution is -2.43. The van der Waals surface area contributed by atoms with E-state index in [0.717, 1.165) is 0 Å². The second-order valence-corrected chi connectivity index (χ2v) is 5.31. The predicted octanol–water partition coefficient (Wildman–Crippen LogP) is 1.40. The van der Waals surface area contributed by atoms with Crippen molar-refractivity contribution in [2.45, 2.75) is 45.4 Å². The van der Waals surface area contributed by atoms with E-state index in [4.69, 9.17) is 14.2 Å². The Morgan fingerprint density at radius 3 is 2.53 bits per heavy atom. The van der Waals surface area contributed by atoms with Crippen molar-refractivity contribution >= 4 is 12.1 Å². The minimum Gasteiger partial charge on any atom is -0.463 e. The zero-order valence-corrected chi connectivity index (χ0v) is 11.8. The van der Waals surface area contributed by atoms with Crippen LogP contribution in [0.25, 0.3) is 0 Å². The first kappa shape index (κ1) is 15.5. The second-order valence-electron chi connectivity index (χ2n) is 5.31. The van der Waals surface area contributed by atoms with Crippen LogP contribution in [0.15, 0.2) is 12.2 Å². The lowest BCUT2D eigenvalue weighted by atomic mass is 10.2. The van der Waals surface area contributed by atoms with Crippen LogP contribution in [0.5, 0.6) is 0 Å². The topological polar surface area (TPSA) is 73.9 Å². The van der Waals surface area contributed by atoms with E-state index in [-0.39, 0.29) is 24.7 Å². The molecule has 2 atom stereocenters. The van der Waals surface area contributed by atoms with Crippen LogP contribution in [0.4, 0.5) is 4.79 Å². The van der Waals surface area contributed by atoms with Crippen molar-refractivity contribution in [3.63, 3.8) is 0 Å². The third kappa shape index (κ3) is 6.81. The molecule has 0 fully saturated rings. The summed E-state index contributed by atoms with van der Waals surface area (Å²) in [5.41, 5.74) is -0.527. The first-order valence-electron chi connectivity index (χ1n) is 6.19. The molecular formula is C13H21NO5. The highest BCUT2D eigenvalue weighted by Crippen LogP contribution is 2.09. The molecule has 1 rings (SSSR count). The third-order valence-corrected chi connectivity index (χ3v) is 2.20. The lowest BCUT2D eigenvalue weighted by molar-refractivity contribution is -0.144. The minimum atomic E-state index is -0.527. The molecule has 6 nitrogen and oxygen atoms in total. The average Bonchev–Trinajstić information content (AvgIpc) is 2.25.